The Labute approximate surface area is 148 Å². The van der Waals surface area contributed by atoms with E-state index >= 15 is 0 Å². The quantitative estimate of drug-likeness (QED) is 0.822. The molecule has 7 heteroatoms. The molecule has 1 amide bonds. The molecule has 2 N–H and O–H groups in total. The van der Waals surface area contributed by atoms with Crippen molar-refractivity contribution in [3.05, 3.63) is 51.5 Å². The van der Waals surface area contributed by atoms with Crippen LogP contribution in [0, 0.1) is 5.82 Å². The Morgan fingerprint density at radius 2 is 1.92 bits per heavy atom. The number of nitrogens with one attached hydrogen (secondary N) is 1. The number of carbonyl (C=O) groups excluding carboxylic acids is 2. The molecular formula is C18H18FNO4S. The number of carbonyl (C=O) groups is 2. The van der Waals surface area contributed by atoms with Gasteiger partial charge >= 0.3 is 0 Å². The van der Waals surface area contributed by atoms with E-state index in [-0.39, 0.29) is 11.3 Å². The van der Waals surface area contributed by atoms with Crippen LogP contribution in [0.4, 0.5) is 4.39 Å². The molecule has 0 bridgehead atoms. The van der Waals surface area contributed by atoms with Gasteiger partial charge in [-0.05, 0) is 45.0 Å². The highest BCUT2D eigenvalue weighted by atomic mass is 32.1. The van der Waals surface area contributed by atoms with E-state index in [1.165, 1.54) is 42.5 Å². The van der Waals surface area contributed by atoms with Crippen molar-refractivity contribution in [3.8, 4) is 5.75 Å². The first-order valence-electron chi connectivity index (χ1n) is 7.77. The lowest BCUT2D eigenvalue weighted by Crippen LogP contribution is -2.53. The van der Waals surface area contributed by atoms with Crippen molar-refractivity contribution >= 4 is 23.0 Å². The topological polar surface area (TPSA) is 75.6 Å². The summed E-state index contributed by atoms with van der Waals surface area (Å²) in [7, 11) is 0. The molecule has 5 nitrogen and oxygen atoms in total. The third-order valence-electron chi connectivity index (χ3n) is 4.15. The number of aliphatic hydroxyl groups excluding tert-OH is 1. The highest BCUT2D eigenvalue weighted by molar-refractivity contribution is 7.14. The fourth-order valence-corrected chi connectivity index (χ4v) is 3.78. The molecule has 1 aromatic heterocycles. The van der Waals surface area contributed by atoms with Gasteiger partial charge in [-0.1, -0.05) is 0 Å². The number of ketones is 1. The van der Waals surface area contributed by atoms with Crippen molar-refractivity contribution in [3.63, 3.8) is 0 Å². The van der Waals surface area contributed by atoms with E-state index in [9.17, 15) is 19.1 Å². The average molecular weight is 363 g/mol. The molecule has 1 aromatic carbocycles. The molecule has 25 heavy (non-hydrogen) atoms. The van der Waals surface area contributed by atoms with E-state index in [0.717, 1.165) is 0 Å². The van der Waals surface area contributed by atoms with Gasteiger partial charge in [0.1, 0.15) is 23.3 Å². The molecule has 0 radical (unpaired) electrons. The van der Waals surface area contributed by atoms with E-state index in [2.05, 4.69) is 5.32 Å². The molecule has 1 aliphatic heterocycles. The van der Waals surface area contributed by atoms with Gasteiger partial charge in [0.15, 0.2) is 5.78 Å². The van der Waals surface area contributed by atoms with E-state index in [4.69, 9.17) is 4.74 Å². The van der Waals surface area contributed by atoms with Gasteiger partial charge in [0.2, 0.25) is 0 Å². The number of fused-ring (bicyclic) bond motifs is 1. The lowest BCUT2D eigenvalue weighted by Gasteiger charge is -2.40. The Bertz CT molecular complexity index is 828. The largest absolute Gasteiger partial charge is 0.484 e. The van der Waals surface area contributed by atoms with Gasteiger partial charge in [-0.25, -0.2) is 4.39 Å². The van der Waals surface area contributed by atoms with Crippen LogP contribution in [0.3, 0.4) is 0 Å². The van der Waals surface area contributed by atoms with Crippen molar-refractivity contribution in [2.45, 2.75) is 38.5 Å². The fourth-order valence-electron chi connectivity index (χ4n) is 2.72. The van der Waals surface area contributed by atoms with Crippen LogP contribution in [0.5, 0.6) is 5.75 Å². The molecule has 0 aliphatic carbocycles. The third kappa shape index (κ3) is 3.29. The number of aliphatic hydroxyl groups is 1. The summed E-state index contributed by atoms with van der Waals surface area (Å²) in [4.78, 5) is 25.2. The minimum absolute atomic E-state index is 0.112. The maximum atomic E-state index is 13.0. The molecule has 2 heterocycles. The second-order valence-electron chi connectivity index (χ2n) is 6.50. The molecule has 0 spiro atoms. The van der Waals surface area contributed by atoms with Crippen molar-refractivity contribution in [1.82, 2.24) is 5.32 Å². The molecule has 132 valence electrons. The number of Topliss-reactive ketones (excluding diaryl/α,β-unsaturated/α-hetero) is 1. The third-order valence-corrected chi connectivity index (χ3v) is 5.45. The standard InChI is InChI=1S/C18H18FNO4S/c1-9(21)13-8-12-15(25-13)14(16(22)18(2,3)24-12)20-17(23)10-4-6-11(19)7-5-10/h4-8,14,16,22H,1-3H3,(H,20,23). The number of thiophene rings is 1. The first-order chi connectivity index (χ1) is 11.7. The second kappa shape index (κ2) is 6.24. The predicted molar refractivity (Wildman–Crippen MR) is 91.6 cm³/mol. The second-order valence-corrected chi connectivity index (χ2v) is 7.59. The van der Waals surface area contributed by atoms with Gasteiger partial charge in [-0.15, -0.1) is 11.3 Å². The predicted octanol–water partition coefficient (Wildman–Crippen LogP) is 3.09. The maximum absolute atomic E-state index is 13.0. The summed E-state index contributed by atoms with van der Waals surface area (Å²) < 4.78 is 18.8. The minimum Gasteiger partial charge on any atom is -0.484 e. The molecule has 0 saturated heterocycles. The fraction of sp³-hybridized carbons (Fsp3) is 0.333. The first-order valence-corrected chi connectivity index (χ1v) is 8.59. The zero-order chi connectivity index (χ0) is 18.4. The Balaban J connectivity index is 1.95. The lowest BCUT2D eigenvalue weighted by atomic mass is 9.90. The van der Waals surface area contributed by atoms with Gasteiger partial charge in [-0.2, -0.15) is 0 Å². The van der Waals surface area contributed by atoms with Crippen molar-refractivity contribution in [2.24, 2.45) is 0 Å². The Kier molecular flexibility index (Phi) is 4.38. The smallest absolute Gasteiger partial charge is 0.251 e. The number of benzene rings is 1. The molecule has 2 atom stereocenters. The summed E-state index contributed by atoms with van der Waals surface area (Å²) in [5.74, 6) is -0.505. The summed E-state index contributed by atoms with van der Waals surface area (Å²) in [5.41, 5.74) is -0.661. The number of amides is 1. The normalized spacial score (nSPS) is 21.2. The number of rotatable bonds is 3. The van der Waals surface area contributed by atoms with Gasteiger partial charge < -0.3 is 15.2 Å². The SMILES string of the molecule is CC(=O)c1cc2c(s1)C(NC(=O)c1ccc(F)cc1)C(O)C(C)(C)O2. The van der Waals surface area contributed by atoms with Crippen LogP contribution in [0.15, 0.2) is 30.3 Å². The minimum atomic E-state index is -1.01. The average Bonchev–Trinajstić information content (AvgIpc) is 2.95. The van der Waals surface area contributed by atoms with E-state index < -0.39 is 29.5 Å². The number of hydrogen-bond donors (Lipinski definition) is 2. The molecule has 2 aromatic rings. The van der Waals surface area contributed by atoms with Crippen LogP contribution in [0.25, 0.3) is 0 Å². The van der Waals surface area contributed by atoms with Gasteiger partial charge in [0.25, 0.3) is 5.91 Å². The molecule has 0 saturated carbocycles. The first kappa shape index (κ1) is 17.6. The zero-order valence-corrected chi connectivity index (χ0v) is 14.8. The van der Waals surface area contributed by atoms with Crippen LogP contribution in [-0.4, -0.2) is 28.5 Å². The summed E-state index contributed by atoms with van der Waals surface area (Å²) in [6, 6.07) is 6.05. The summed E-state index contributed by atoms with van der Waals surface area (Å²) >= 11 is 1.19. The van der Waals surface area contributed by atoms with E-state index in [0.29, 0.717) is 15.5 Å². The Hall–Kier alpha value is -2.25. The van der Waals surface area contributed by atoms with Gasteiger partial charge in [0, 0.05) is 11.6 Å². The van der Waals surface area contributed by atoms with Gasteiger partial charge in [-0.3, -0.25) is 9.59 Å². The van der Waals surface area contributed by atoms with Crippen LogP contribution in [-0.2, 0) is 0 Å². The van der Waals surface area contributed by atoms with Crippen LogP contribution in [0.2, 0.25) is 0 Å². The molecule has 3 rings (SSSR count). The van der Waals surface area contributed by atoms with Gasteiger partial charge in [0.05, 0.1) is 15.8 Å². The lowest BCUT2D eigenvalue weighted by molar-refractivity contribution is -0.0612. The number of ether oxygens (including phenoxy) is 1. The molecule has 0 fully saturated rings. The van der Waals surface area contributed by atoms with Crippen molar-refractivity contribution < 1.29 is 23.8 Å². The molecule has 1 aliphatic rings. The van der Waals surface area contributed by atoms with E-state index in [1.54, 1.807) is 19.9 Å². The van der Waals surface area contributed by atoms with Crippen LogP contribution in [0.1, 0.15) is 51.7 Å². The Morgan fingerprint density at radius 1 is 1.28 bits per heavy atom. The highest BCUT2D eigenvalue weighted by Gasteiger charge is 2.45. The summed E-state index contributed by atoms with van der Waals surface area (Å²) in [5, 5.41) is 13.4. The molecular weight excluding hydrogens is 345 g/mol. The summed E-state index contributed by atoms with van der Waals surface area (Å²) in [6.45, 7) is 4.87. The maximum Gasteiger partial charge on any atom is 0.251 e. The van der Waals surface area contributed by atoms with E-state index in [1.807, 2.05) is 0 Å². The summed E-state index contributed by atoms with van der Waals surface area (Å²) in [6.07, 6.45) is -1.01. The number of halogens is 1. The van der Waals surface area contributed by atoms with Crippen LogP contribution >= 0.6 is 11.3 Å². The Morgan fingerprint density at radius 3 is 2.52 bits per heavy atom. The zero-order valence-electron chi connectivity index (χ0n) is 14.0. The molecule has 2 unspecified atom stereocenters. The van der Waals surface area contributed by atoms with Crippen molar-refractivity contribution in [2.75, 3.05) is 0 Å². The number of hydrogen-bond acceptors (Lipinski definition) is 5. The highest BCUT2D eigenvalue weighted by Crippen LogP contribution is 2.44. The van der Waals surface area contributed by atoms with Crippen LogP contribution < -0.4 is 10.1 Å². The monoisotopic (exact) mass is 363 g/mol. The van der Waals surface area contributed by atoms with Crippen molar-refractivity contribution in [1.29, 1.82) is 0 Å².